The van der Waals surface area contributed by atoms with Crippen LogP contribution < -0.4 is 4.74 Å². The fourth-order valence-corrected chi connectivity index (χ4v) is 3.16. The summed E-state index contributed by atoms with van der Waals surface area (Å²) in [4.78, 5) is 14.3. The van der Waals surface area contributed by atoms with Crippen molar-refractivity contribution in [2.75, 3.05) is 19.7 Å². The van der Waals surface area contributed by atoms with Crippen molar-refractivity contribution < 1.29 is 9.53 Å². The van der Waals surface area contributed by atoms with Crippen LogP contribution in [0.25, 0.3) is 0 Å². The highest BCUT2D eigenvalue weighted by Gasteiger charge is 2.31. The van der Waals surface area contributed by atoms with Gasteiger partial charge in [0.05, 0.1) is 6.61 Å². The summed E-state index contributed by atoms with van der Waals surface area (Å²) in [5.74, 6) is 2.31. The minimum Gasteiger partial charge on any atom is -0.493 e. The van der Waals surface area contributed by atoms with Crippen molar-refractivity contribution in [1.29, 1.82) is 0 Å². The smallest absolute Gasteiger partial charge is 0.225 e. The molecule has 114 valence electrons. The average Bonchev–Trinajstić information content (AvgIpc) is 2.45. The third-order valence-corrected chi connectivity index (χ3v) is 4.95. The molecule has 3 nitrogen and oxygen atoms in total. The molecule has 1 aliphatic carbocycles. The van der Waals surface area contributed by atoms with Crippen molar-refractivity contribution in [3.63, 3.8) is 0 Å². The molecule has 21 heavy (non-hydrogen) atoms. The second kappa shape index (κ2) is 6.50. The lowest BCUT2D eigenvalue weighted by molar-refractivity contribution is -0.139. The number of benzene rings is 1. The number of para-hydroxylation sites is 1. The summed E-state index contributed by atoms with van der Waals surface area (Å²) in [6.45, 7) is 4.68. The minimum atomic E-state index is 0.338. The van der Waals surface area contributed by atoms with E-state index in [4.69, 9.17) is 4.74 Å². The van der Waals surface area contributed by atoms with Crippen molar-refractivity contribution in [2.24, 2.45) is 11.8 Å². The van der Waals surface area contributed by atoms with Gasteiger partial charge in [0.15, 0.2) is 0 Å². The maximum atomic E-state index is 12.2. The largest absolute Gasteiger partial charge is 0.493 e. The summed E-state index contributed by atoms with van der Waals surface area (Å²) in [6, 6.07) is 8.16. The van der Waals surface area contributed by atoms with E-state index in [1.807, 2.05) is 18.2 Å². The Labute approximate surface area is 127 Å². The number of likely N-dealkylation sites (tertiary alicyclic amines) is 1. The number of rotatable bonds is 4. The Balaban J connectivity index is 1.43. The summed E-state index contributed by atoms with van der Waals surface area (Å²) >= 11 is 0. The van der Waals surface area contributed by atoms with Crippen LogP contribution in [0.5, 0.6) is 5.75 Å². The predicted molar refractivity (Wildman–Crippen MR) is 83.3 cm³/mol. The second-order valence-corrected chi connectivity index (χ2v) is 6.47. The first-order valence-corrected chi connectivity index (χ1v) is 8.21. The zero-order valence-electron chi connectivity index (χ0n) is 12.9. The molecule has 0 bridgehead atoms. The molecule has 1 aromatic rings. The Kier molecular flexibility index (Phi) is 4.47. The van der Waals surface area contributed by atoms with Crippen LogP contribution in [-0.4, -0.2) is 30.5 Å². The molecular weight excluding hydrogens is 262 g/mol. The Morgan fingerprint density at radius 1 is 1.19 bits per heavy atom. The van der Waals surface area contributed by atoms with Gasteiger partial charge < -0.3 is 9.64 Å². The van der Waals surface area contributed by atoms with Gasteiger partial charge in [-0.1, -0.05) is 24.6 Å². The number of piperidine rings is 1. The highest BCUT2D eigenvalue weighted by atomic mass is 16.5. The van der Waals surface area contributed by atoms with Crippen LogP contribution in [0, 0.1) is 18.8 Å². The zero-order chi connectivity index (χ0) is 14.7. The van der Waals surface area contributed by atoms with Gasteiger partial charge in [0.2, 0.25) is 5.91 Å². The number of nitrogens with zero attached hydrogens (tertiary/aromatic N) is 1. The van der Waals surface area contributed by atoms with E-state index in [2.05, 4.69) is 17.9 Å². The summed E-state index contributed by atoms with van der Waals surface area (Å²) in [5, 5.41) is 0. The van der Waals surface area contributed by atoms with Crippen LogP contribution in [0.3, 0.4) is 0 Å². The van der Waals surface area contributed by atoms with E-state index >= 15 is 0 Å². The van der Waals surface area contributed by atoms with E-state index in [0.717, 1.165) is 51.1 Å². The van der Waals surface area contributed by atoms with Crippen molar-refractivity contribution in [3.8, 4) is 5.75 Å². The fourth-order valence-electron chi connectivity index (χ4n) is 3.16. The first-order chi connectivity index (χ1) is 10.2. The highest BCUT2D eigenvalue weighted by molar-refractivity contribution is 5.79. The number of carbonyl (C=O) groups excluding carboxylic acids is 1. The van der Waals surface area contributed by atoms with Crippen LogP contribution >= 0.6 is 0 Å². The monoisotopic (exact) mass is 287 g/mol. The molecule has 2 fully saturated rings. The van der Waals surface area contributed by atoms with Gasteiger partial charge >= 0.3 is 0 Å². The molecule has 1 aliphatic heterocycles. The van der Waals surface area contributed by atoms with Gasteiger partial charge in [0.1, 0.15) is 5.75 Å². The van der Waals surface area contributed by atoms with Crippen LogP contribution in [0.15, 0.2) is 24.3 Å². The Hall–Kier alpha value is -1.51. The second-order valence-electron chi connectivity index (χ2n) is 6.47. The van der Waals surface area contributed by atoms with E-state index < -0.39 is 0 Å². The van der Waals surface area contributed by atoms with E-state index in [0.29, 0.717) is 17.7 Å². The number of ether oxygens (including phenoxy) is 1. The van der Waals surface area contributed by atoms with Gasteiger partial charge in [0.25, 0.3) is 0 Å². The molecule has 0 aromatic heterocycles. The standard InChI is InChI=1S/C18H25NO2/c1-14-5-2-3-8-17(14)21-13-15-9-11-19(12-10-15)18(20)16-6-4-7-16/h2-3,5,8,15-16H,4,6-7,9-13H2,1H3. The number of carbonyl (C=O) groups is 1. The van der Waals surface area contributed by atoms with Gasteiger partial charge in [-0.25, -0.2) is 0 Å². The maximum Gasteiger partial charge on any atom is 0.225 e. The van der Waals surface area contributed by atoms with Gasteiger partial charge in [0, 0.05) is 19.0 Å². The molecule has 0 unspecified atom stereocenters. The molecule has 0 atom stereocenters. The lowest BCUT2D eigenvalue weighted by Crippen LogP contribution is -2.44. The first kappa shape index (κ1) is 14.4. The Bertz CT molecular complexity index is 488. The number of hydrogen-bond donors (Lipinski definition) is 0. The van der Waals surface area contributed by atoms with E-state index in [-0.39, 0.29) is 0 Å². The maximum absolute atomic E-state index is 12.2. The quantitative estimate of drug-likeness (QED) is 0.849. The summed E-state index contributed by atoms with van der Waals surface area (Å²) in [5.41, 5.74) is 1.19. The summed E-state index contributed by atoms with van der Waals surface area (Å²) < 4.78 is 5.95. The summed E-state index contributed by atoms with van der Waals surface area (Å²) in [6.07, 6.45) is 5.59. The topological polar surface area (TPSA) is 29.5 Å². The van der Waals surface area contributed by atoms with Crippen LogP contribution in [0.1, 0.15) is 37.7 Å². The third kappa shape index (κ3) is 3.39. The van der Waals surface area contributed by atoms with E-state index in [1.54, 1.807) is 0 Å². The molecule has 2 aliphatic rings. The molecule has 0 spiro atoms. The molecule has 1 saturated heterocycles. The molecular formula is C18H25NO2. The van der Waals surface area contributed by atoms with E-state index in [1.165, 1.54) is 12.0 Å². The average molecular weight is 287 g/mol. The van der Waals surface area contributed by atoms with Crippen LogP contribution in [-0.2, 0) is 4.79 Å². The molecule has 1 amide bonds. The van der Waals surface area contributed by atoms with Crippen LogP contribution in [0.2, 0.25) is 0 Å². The SMILES string of the molecule is Cc1ccccc1OCC1CCN(C(=O)C2CCC2)CC1. The lowest BCUT2D eigenvalue weighted by Gasteiger charge is -2.36. The zero-order valence-corrected chi connectivity index (χ0v) is 12.9. The van der Waals surface area contributed by atoms with Gasteiger partial charge in [-0.2, -0.15) is 0 Å². The molecule has 1 heterocycles. The molecule has 0 radical (unpaired) electrons. The third-order valence-electron chi connectivity index (χ3n) is 4.95. The number of aryl methyl sites for hydroxylation is 1. The lowest BCUT2D eigenvalue weighted by atomic mass is 9.83. The van der Waals surface area contributed by atoms with Crippen molar-refractivity contribution >= 4 is 5.91 Å². The Morgan fingerprint density at radius 2 is 1.90 bits per heavy atom. The molecule has 3 rings (SSSR count). The predicted octanol–water partition coefficient (Wildman–Crippen LogP) is 3.41. The van der Waals surface area contributed by atoms with E-state index in [9.17, 15) is 4.79 Å². The van der Waals surface area contributed by atoms with Crippen molar-refractivity contribution in [3.05, 3.63) is 29.8 Å². The van der Waals surface area contributed by atoms with Gasteiger partial charge in [-0.05, 0) is 50.2 Å². The van der Waals surface area contributed by atoms with Crippen molar-refractivity contribution in [1.82, 2.24) is 4.90 Å². The van der Waals surface area contributed by atoms with Crippen molar-refractivity contribution in [2.45, 2.75) is 39.0 Å². The first-order valence-electron chi connectivity index (χ1n) is 8.21. The highest BCUT2D eigenvalue weighted by Crippen LogP contribution is 2.30. The molecule has 1 aromatic carbocycles. The number of amides is 1. The minimum absolute atomic E-state index is 0.338. The van der Waals surface area contributed by atoms with Gasteiger partial charge in [-0.15, -0.1) is 0 Å². The Morgan fingerprint density at radius 3 is 2.52 bits per heavy atom. The molecule has 0 N–H and O–H groups in total. The molecule has 1 saturated carbocycles. The molecule has 3 heteroatoms. The van der Waals surface area contributed by atoms with Gasteiger partial charge in [-0.3, -0.25) is 4.79 Å². The fraction of sp³-hybridized carbons (Fsp3) is 0.611. The van der Waals surface area contributed by atoms with Crippen LogP contribution in [0.4, 0.5) is 0 Å². The number of hydrogen-bond acceptors (Lipinski definition) is 2. The summed E-state index contributed by atoms with van der Waals surface area (Å²) in [7, 11) is 0. The normalized spacial score (nSPS) is 20.1.